The molecule has 0 unspecified atom stereocenters. The number of carbonyl (C=O) groups is 1. The predicted octanol–water partition coefficient (Wildman–Crippen LogP) is 3.69. The summed E-state index contributed by atoms with van der Waals surface area (Å²) in [4.78, 5) is 10.9. The molecule has 0 aliphatic heterocycles. The lowest BCUT2D eigenvalue weighted by Gasteiger charge is -2.11. The maximum Gasteiger partial charge on any atom is 0.305 e. The van der Waals surface area contributed by atoms with E-state index < -0.39 is 0 Å². The van der Waals surface area contributed by atoms with E-state index >= 15 is 0 Å². The maximum absolute atomic E-state index is 10.9. The number of benzene rings is 1. The molecule has 0 bridgehead atoms. The van der Waals surface area contributed by atoms with Crippen molar-refractivity contribution in [2.24, 2.45) is 0 Å². The van der Waals surface area contributed by atoms with Crippen LogP contribution in [0, 0.1) is 0 Å². The second-order valence-electron chi connectivity index (χ2n) is 4.74. The molecule has 0 radical (unpaired) electrons. The van der Waals surface area contributed by atoms with Gasteiger partial charge in [0.15, 0.2) is 5.11 Å². The lowest BCUT2D eigenvalue weighted by Crippen LogP contribution is -2.35. The molecule has 0 aliphatic carbocycles. The number of hydrogen-bond acceptors (Lipinski definition) is 3. The van der Waals surface area contributed by atoms with Crippen molar-refractivity contribution >= 4 is 46.5 Å². The van der Waals surface area contributed by atoms with Crippen LogP contribution >= 0.6 is 35.4 Å². The molecule has 4 nitrogen and oxygen atoms in total. The van der Waals surface area contributed by atoms with Gasteiger partial charge in [0.25, 0.3) is 0 Å². The van der Waals surface area contributed by atoms with Crippen molar-refractivity contribution in [3.05, 3.63) is 33.8 Å². The molecule has 0 aliphatic rings. The molecule has 122 valence electrons. The van der Waals surface area contributed by atoms with E-state index in [1.54, 1.807) is 6.07 Å². The summed E-state index contributed by atoms with van der Waals surface area (Å²) in [6, 6.07) is 5.47. The summed E-state index contributed by atoms with van der Waals surface area (Å²) < 4.78 is 4.58. The zero-order chi connectivity index (χ0) is 16.4. The first kappa shape index (κ1) is 19.0. The number of rotatable bonds is 8. The fourth-order valence-electron chi connectivity index (χ4n) is 1.77. The largest absolute Gasteiger partial charge is 0.469 e. The van der Waals surface area contributed by atoms with Crippen molar-refractivity contribution in [3.63, 3.8) is 0 Å². The smallest absolute Gasteiger partial charge is 0.305 e. The Kier molecular flexibility index (Phi) is 9.20. The standard InChI is InChI=1S/C15H20Cl2N2O2S/c1-21-14(20)5-3-2-4-8-18-15(22)19-10-11-6-7-12(16)13(17)9-11/h6-7,9H,2-5,8,10H2,1H3,(H2,18,19,22). The van der Waals surface area contributed by atoms with Crippen LogP contribution in [0.2, 0.25) is 10.0 Å². The number of hydrogen-bond donors (Lipinski definition) is 2. The first-order valence-corrected chi connectivity index (χ1v) is 8.22. The Morgan fingerprint density at radius 3 is 2.64 bits per heavy atom. The number of methoxy groups -OCH3 is 1. The van der Waals surface area contributed by atoms with Crippen LogP contribution in [-0.2, 0) is 16.1 Å². The maximum atomic E-state index is 10.9. The molecule has 0 aromatic heterocycles. The Balaban J connectivity index is 2.11. The molecule has 0 saturated carbocycles. The molecule has 2 N–H and O–H groups in total. The Morgan fingerprint density at radius 1 is 1.18 bits per heavy atom. The van der Waals surface area contributed by atoms with Gasteiger partial charge in [-0.2, -0.15) is 0 Å². The minimum Gasteiger partial charge on any atom is -0.469 e. The van der Waals surface area contributed by atoms with E-state index in [9.17, 15) is 4.79 Å². The third-order valence-electron chi connectivity index (χ3n) is 3.01. The first-order valence-electron chi connectivity index (χ1n) is 7.05. The van der Waals surface area contributed by atoms with Crippen LogP contribution in [0.15, 0.2) is 18.2 Å². The minimum atomic E-state index is -0.160. The van der Waals surface area contributed by atoms with Crippen molar-refractivity contribution in [1.29, 1.82) is 0 Å². The number of ether oxygens (including phenoxy) is 1. The topological polar surface area (TPSA) is 50.4 Å². The summed E-state index contributed by atoms with van der Waals surface area (Å²) in [6.45, 7) is 1.36. The molecule has 0 fully saturated rings. The number of esters is 1. The minimum absolute atomic E-state index is 0.160. The Morgan fingerprint density at radius 2 is 1.95 bits per heavy atom. The number of halogens is 2. The van der Waals surface area contributed by atoms with Gasteiger partial charge in [0.05, 0.1) is 17.2 Å². The Labute approximate surface area is 146 Å². The van der Waals surface area contributed by atoms with Crippen molar-refractivity contribution in [1.82, 2.24) is 10.6 Å². The lowest BCUT2D eigenvalue weighted by atomic mass is 10.2. The zero-order valence-corrected chi connectivity index (χ0v) is 14.8. The van der Waals surface area contributed by atoms with Crippen LogP contribution in [0.5, 0.6) is 0 Å². The molecule has 7 heteroatoms. The number of nitrogens with one attached hydrogen (secondary N) is 2. The number of unbranched alkanes of at least 4 members (excludes halogenated alkanes) is 2. The molecule has 0 atom stereocenters. The Hall–Kier alpha value is -1.04. The number of thiocarbonyl (C=S) groups is 1. The zero-order valence-electron chi connectivity index (χ0n) is 12.5. The van der Waals surface area contributed by atoms with Crippen LogP contribution < -0.4 is 10.6 Å². The summed E-state index contributed by atoms with van der Waals surface area (Å²) >= 11 is 17.0. The second-order valence-corrected chi connectivity index (χ2v) is 5.97. The molecular weight excluding hydrogens is 343 g/mol. The average Bonchev–Trinajstić information content (AvgIpc) is 2.51. The molecule has 0 heterocycles. The monoisotopic (exact) mass is 362 g/mol. The lowest BCUT2D eigenvalue weighted by molar-refractivity contribution is -0.140. The van der Waals surface area contributed by atoms with E-state index in [2.05, 4.69) is 15.4 Å². The third kappa shape index (κ3) is 7.82. The summed E-state index contributed by atoms with van der Waals surface area (Å²) in [5, 5.41) is 7.90. The van der Waals surface area contributed by atoms with Crippen molar-refractivity contribution < 1.29 is 9.53 Å². The van der Waals surface area contributed by atoms with Gasteiger partial charge in [-0.05, 0) is 42.8 Å². The van der Waals surface area contributed by atoms with Crippen molar-refractivity contribution in [2.45, 2.75) is 32.2 Å². The quantitative estimate of drug-likeness (QED) is 0.419. The molecular formula is C15H20Cl2N2O2S. The van der Waals surface area contributed by atoms with Crippen LogP contribution in [0.1, 0.15) is 31.2 Å². The van der Waals surface area contributed by atoms with Gasteiger partial charge in [0, 0.05) is 19.5 Å². The molecule has 0 spiro atoms. The molecule has 22 heavy (non-hydrogen) atoms. The summed E-state index contributed by atoms with van der Waals surface area (Å²) in [6.07, 6.45) is 3.21. The van der Waals surface area contributed by atoms with Gasteiger partial charge in [0.1, 0.15) is 0 Å². The fourth-order valence-corrected chi connectivity index (χ4v) is 2.26. The van der Waals surface area contributed by atoms with Gasteiger partial charge in [-0.3, -0.25) is 4.79 Å². The van der Waals surface area contributed by atoms with Gasteiger partial charge in [-0.15, -0.1) is 0 Å². The van der Waals surface area contributed by atoms with Gasteiger partial charge in [-0.1, -0.05) is 35.7 Å². The van der Waals surface area contributed by atoms with Gasteiger partial charge < -0.3 is 15.4 Å². The fraction of sp³-hybridized carbons (Fsp3) is 0.467. The van der Waals surface area contributed by atoms with Crippen LogP contribution in [-0.4, -0.2) is 24.7 Å². The Bertz CT molecular complexity index is 512. The van der Waals surface area contributed by atoms with Crippen molar-refractivity contribution in [3.8, 4) is 0 Å². The highest BCUT2D eigenvalue weighted by molar-refractivity contribution is 7.80. The van der Waals surface area contributed by atoms with Gasteiger partial charge in [0.2, 0.25) is 0 Å². The average molecular weight is 363 g/mol. The van der Waals surface area contributed by atoms with Crippen LogP contribution in [0.25, 0.3) is 0 Å². The first-order chi connectivity index (χ1) is 10.5. The summed E-state index contributed by atoms with van der Waals surface area (Å²) in [5.41, 5.74) is 1.01. The van der Waals surface area contributed by atoms with Gasteiger partial charge >= 0.3 is 5.97 Å². The van der Waals surface area contributed by atoms with Crippen LogP contribution in [0.4, 0.5) is 0 Å². The molecule has 0 amide bonds. The second kappa shape index (κ2) is 10.6. The highest BCUT2D eigenvalue weighted by Crippen LogP contribution is 2.22. The normalized spacial score (nSPS) is 10.1. The molecule has 0 saturated heterocycles. The van der Waals surface area contributed by atoms with E-state index in [1.165, 1.54) is 7.11 Å². The van der Waals surface area contributed by atoms with E-state index in [0.29, 0.717) is 28.1 Å². The third-order valence-corrected chi connectivity index (χ3v) is 4.04. The summed E-state index contributed by atoms with van der Waals surface area (Å²) in [5.74, 6) is -0.160. The molecule has 1 aromatic rings. The SMILES string of the molecule is COC(=O)CCCCCNC(=S)NCc1ccc(Cl)c(Cl)c1. The van der Waals surface area contributed by atoms with E-state index in [4.69, 9.17) is 35.4 Å². The highest BCUT2D eigenvalue weighted by Gasteiger charge is 2.02. The highest BCUT2D eigenvalue weighted by atomic mass is 35.5. The molecule has 1 rings (SSSR count). The predicted molar refractivity (Wildman–Crippen MR) is 94.4 cm³/mol. The van der Waals surface area contributed by atoms with E-state index in [1.807, 2.05) is 12.1 Å². The summed E-state index contributed by atoms with van der Waals surface area (Å²) in [7, 11) is 1.40. The van der Waals surface area contributed by atoms with Crippen LogP contribution in [0.3, 0.4) is 0 Å². The number of carbonyl (C=O) groups excluding carboxylic acids is 1. The van der Waals surface area contributed by atoms with Gasteiger partial charge in [-0.25, -0.2) is 0 Å². The van der Waals surface area contributed by atoms with Crippen molar-refractivity contribution in [2.75, 3.05) is 13.7 Å². The van der Waals surface area contributed by atoms with E-state index in [0.717, 1.165) is 31.4 Å². The van der Waals surface area contributed by atoms with E-state index in [-0.39, 0.29) is 5.97 Å². The molecule has 1 aromatic carbocycles.